The summed E-state index contributed by atoms with van der Waals surface area (Å²) in [5.74, 6) is -0.256. The van der Waals surface area contributed by atoms with Gasteiger partial charge in [-0.15, -0.1) is 0 Å². The van der Waals surface area contributed by atoms with Crippen molar-refractivity contribution in [1.82, 2.24) is 19.7 Å². The molecule has 3 aromatic rings. The van der Waals surface area contributed by atoms with Gasteiger partial charge in [0, 0.05) is 23.2 Å². The average molecular weight is 415 g/mol. The highest BCUT2D eigenvalue weighted by Crippen LogP contribution is 2.25. The summed E-state index contributed by atoms with van der Waals surface area (Å²) in [7, 11) is 1.78. The molecule has 0 aliphatic carbocycles. The van der Waals surface area contributed by atoms with Crippen molar-refractivity contribution in [2.45, 2.75) is 13.0 Å². The summed E-state index contributed by atoms with van der Waals surface area (Å²) in [5.41, 5.74) is 1.91. The van der Waals surface area contributed by atoms with Gasteiger partial charge in [0.15, 0.2) is 0 Å². The third-order valence-electron chi connectivity index (χ3n) is 4.52. The second-order valence-electron chi connectivity index (χ2n) is 6.49. The van der Waals surface area contributed by atoms with E-state index in [1.54, 1.807) is 42.3 Å². The first kappa shape index (κ1) is 20.4. The molecule has 1 N–H and O–H groups in total. The second kappa shape index (κ2) is 8.80. The van der Waals surface area contributed by atoms with Crippen molar-refractivity contribution < 1.29 is 9.72 Å². The largest absolute Gasteiger partial charge is 0.323 e. The summed E-state index contributed by atoms with van der Waals surface area (Å²) in [4.78, 5) is 28.9. The van der Waals surface area contributed by atoms with Crippen LogP contribution in [0.25, 0.3) is 5.69 Å². The molecule has 0 fully saturated rings. The molecule has 1 atom stereocenters. The molecule has 0 aliphatic heterocycles. The molecule has 1 heterocycles. The number of carbonyl (C=O) groups is 1. The number of benzene rings is 2. The van der Waals surface area contributed by atoms with Gasteiger partial charge in [-0.2, -0.15) is 5.10 Å². The highest BCUT2D eigenvalue weighted by Gasteiger charge is 2.18. The van der Waals surface area contributed by atoms with Gasteiger partial charge in [0.25, 0.3) is 5.69 Å². The summed E-state index contributed by atoms with van der Waals surface area (Å²) in [5, 5.41) is 18.4. The first-order chi connectivity index (χ1) is 13.8. The van der Waals surface area contributed by atoms with Gasteiger partial charge >= 0.3 is 0 Å². The molecule has 0 bridgehead atoms. The van der Waals surface area contributed by atoms with E-state index in [9.17, 15) is 14.9 Å². The number of aromatic nitrogens is 3. The van der Waals surface area contributed by atoms with Gasteiger partial charge in [0.1, 0.15) is 12.7 Å². The lowest BCUT2D eigenvalue weighted by Gasteiger charge is -2.24. The van der Waals surface area contributed by atoms with Crippen molar-refractivity contribution in [3.05, 3.63) is 75.8 Å². The van der Waals surface area contributed by atoms with Gasteiger partial charge in [0.2, 0.25) is 5.91 Å². The highest BCUT2D eigenvalue weighted by atomic mass is 35.5. The highest BCUT2D eigenvalue weighted by molar-refractivity contribution is 6.31. The number of non-ortho nitro benzene ring substituents is 1. The number of rotatable bonds is 7. The summed E-state index contributed by atoms with van der Waals surface area (Å²) < 4.78 is 1.53. The summed E-state index contributed by atoms with van der Waals surface area (Å²) in [6, 6.07) is 11.3. The Balaban J connectivity index is 1.72. The Kier molecular flexibility index (Phi) is 6.20. The fourth-order valence-corrected chi connectivity index (χ4v) is 3.02. The van der Waals surface area contributed by atoms with Gasteiger partial charge in [0.05, 0.1) is 22.8 Å². The first-order valence-electron chi connectivity index (χ1n) is 8.74. The number of likely N-dealkylation sites (N-methyl/N-ethyl adjacent to an activating group) is 1. The molecular formula is C19H19ClN6O3. The van der Waals surface area contributed by atoms with Gasteiger partial charge in [-0.1, -0.05) is 23.7 Å². The van der Waals surface area contributed by atoms with Crippen LogP contribution >= 0.6 is 11.6 Å². The molecule has 1 aromatic heterocycles. The molecule has 1 amide bonds. The van der Waals surface area contributed by atoms with Crippen molar-refractivity contribution in [3.63, 3.8) is 0 Å². The minimum absolute atomic E-state index is 0.0172. The number of nitrogens with one attached hydrogen (secondary N) is 1. The standard InChI is InChI=1S/C19H19ClN6O3/c1-13(14-4-3-5-16(8-14)26(28)29)24(2)10-19(27)23-17-9-15(20)6-7-18(17)25-12-21-11-22-25/h3-9,11-13H,10H2,1-2H3,(H,23,27)/t13-/m1/s1. The van der Waals surface area contributed by atoms with Gasteiger partial charge < -0.3 is 5.32 Å². The van der Waals surface area contributed by atoms with Crippen LogP contribution in [0.2, 0.25) is 5.02 Å². The van der Waals surface area contributed by atoms with Gasteiger partial charge in [-0.25, -0.2) is 9.67 Å². The Labute approximate surface area is 172 Å². The molecular weight excluding hydrogens is 396 g/mol. The van der Waals surface area contributed by atoms with Crippen molar-refractivity contribution in [2.75, 3.05) is 18.9 Å². The Morgan fingerprint density at radius 1 is 1.34 bits per heavy atom. The summed E-state index contributed by atoms with van der Waals surface area (Å²) >= 11 is 6.08. The molecule has 0 radical (unpaired) electrons. The topological polar surface area (TPSA) is 106 Å². The molecule has 29 heavy (non-hydrogen) atoms. The second-order valence-corrected chi connectivity index (χ2v) is 6.93. The van der Waals surface area contributed by atoms with Crippen LogP contribution < -0.4 is 5.32 Å². The van der Waals surface area contributed by atoms with E-state index < -0.39 is 4.92 Å². The molecule has 0 spiro atoms. The maximum absolute atomic E-state index is 12.6. The Morgan fingerprint density at radius 3 is 2.83 bits per heavy atom. The van der Waals surface area contributed by atoms with Crippen molar-refractivity contribution in [3.8, 4) is 5.69 Å². The van der Waals surface area contributed by atoms with Crippen LogP contribution in [0.4, 0.5) is 11.4 Å². The lowest BCUT2D eigenvalue weighted by Crippen LogP contribution is -2.32. The molecule has 150 valence electrons. The van der Waals surface area contributed by atoms with Crippen LogP contribution in [0.1, 0.15) is 18.5 Å². The van der Waals surface area contributed by atoms with E-state index in [0.29, 0.717) is 16.4 Å². The molecule has 0 unspecified atom stereocenters. The smallest absolute Gasteiger partial charge is 0.269 e. The number of carbonyl (C=O) groups excluding carboxylic acids is 1. The molecule has 0 saturated carbocycles. The van der Waals surface area contributed by atoms with E-state index in [1.807, 2.05) is 6.92 Å². The molecule has 9 nitrogen and oxygen atoms in total. The van der Waals surface area contributed by atoms with Crippen LogP contribution in [0, 0.1) is 10.1 Å². The predicted octanol–water partition coefficient (Wildman–Crippen LogP) is 3.46. The van der Waals surface area contributed by atoms with Crippen LogP contribution in [-0.2, 0) is 4.79 Å². The lowest BCUT2D eigenvalue weighted by atomic mass is 10.1. The lowest BCUT2D eigenvalue weighted by molar-refractivity contribution is -0.384. The summed E-state index contributed by atoms with van der Waals surface area (Å²) in [6.45, 7) is 1.96. The van der Waals surface area contributed by atoms with Gasteiger partial charge in [-0.05, 0) is 37.7 Å². The Hall–Kier alpha value is -3.30. The van der Waals surface area contributed by atoms with Crippen LogP contribution in [0.5, 0.6) is 0 Å². The fraction of sp³-hybridized carbons (Fsp3) is 0.211. The van der Waals surface area contributed by atoms with Crippen molar-refractivity contribution in [1.29, 1.82) is 0 Å². The number of nitrogens with zero attached hydrogens (tertiary/aromatic N) is 5. The first-order valence-corrected chi connectivity index (χ1v) is 9.12. The van der Waals surface area contributed by atoms with E-state index in [1.165, 1.54) is 29.5 Å². The number of nitro benzene ring substituents is 1. The monoisotopic (exact) mass is 414 g/mol. The fourth-order valence-electron chi connectivity index (χ4n) is 2.85. The molecule has 0 saturated heterocycles. The molecule has 3 rings (SSSR count). The quantitative estimate of drug-likeness (QED) is 0.468. The normalized spacial score (nSPS) is 12.0. The summed E-state index contributed by atoms with van der Waals surface area (Å²) in [6.07, 6.45) is 2.92. The average Bonchev–Trinajstić information content (AvgIpc) is 3.22. The maximum Gasteiger partial charge on any atom is 0.269 e. The van der Waals surface area contributed by atoms with E-state index in [-0.39, 0.29) is 24.2 Å². The Morgan fingerprint density at radius 2 is 2.14 bits per heavy atom. The van der Waals surface area contributed by atoms with E-state index >= 15 is 0 Å². The SMILES string of the molecule is C[C@H](c1cccc([N+](=O)[O-])c1)N(C)CC(=O)Nc1cc(Cl)ccc1-n1cncn1. The van der Waals surface area contributed by atoms with Crippen LogP contribution in [0.15, 0.2) is 55.1 Å². The van der Waals surface area contributed by atoms with Gasteiger partial charge in [-0.3, -0.25) is 19.8 Å². The number of nitro groups is 1. The third kappa shape index (κ3) is 4.95. The zero-order valence-electron chi connectivity index (χ0n) is 15.8. The zero-order valence-corrected chi connectivity index (χ0v) is 16.6. The zero-order chi connectivity index (χ0) is 21.0. The molecule has 10 heteroatoms. The van der Waals surface area contributed by atoms with Crippen molar-refractivity contribution >= 4 is 28.9 Å². The van der Waals surface area contributed by atoms with Crippen molar-refractivity contribution in [2.24, 2.45) is 0 Å². The van der Waals surface area contributed by atoms with E-state index in [2.05, 4.69) is 15.4 Å². The van der Waals surface area contributed by atoms with E-state index in [4.69, 9.17) is 11.6 Å². The minimum atomic E-state index is -0.437. The van der Waals surface area contributed by atoms with Crippen LogP contribution in [-0.4, -0.2) is 44.1 Å². The number of halogens is 1. The number of hydrogen-bond acceptors (Lipinski definition) is 6. The number of anilines is 1. The molecule has 2 aromatic carbocycles. The number of amides is 1. The Bertz CT molecular complexity index is 1020. The minimum Gasteiger partial charge on any atom is -0.323 e. The third-order valence-corrected chi connectivity index (χ3v) is 4.75. The maximum atomic E-state index is 12.6. The predicted molar refractivity (Wildman–Crippen MR) is 109 cm³/mol. The number of hydrogen-bond donors (Lipinski definition) is 1. The van der Waals surface area contributed by atoms with Crippen LogP contribution in [0.3, 0.4) is 0 Å². The molecule has 0 aliphatic rings. The van der Waals surface area contributed by atoms with E-state index in [0.717, 1.165) is 5.56 Å².